The fraction of sp³-hybridized carbons (Fsp3) is 0.619. The van der Waals surface area contributed by atoms with Gasteiger partial charge in [-0.05, 0) is 37.0 Å². The Hall–Kier alpha value is -1.60. The van der Waals surface area contributed by atoms with Gasteiger partial charge in [-0.1, -0.05) is 28.1 Å². The first-order valence-corrected chi connectivity index (χ1v) is 11.1. The summed E-state index contributed by atoms with van der Waals surface area (Å²) in [5.74, 6) is 1.99. The van der Waals surface area contributed by atoms with E-state index in [0.29, 0.717) is 31.1 Å². The SMILES string of the molecule is CN=C(NC1CC1c1ccc(Br)cc1)N1CCC(C(=O)N2CCOCC2)CC1. The Kier molecular flexibility index (Phi) is 6.21. The third-order valence-electron chi connectivity index (χ3n) is 6.08. The first-order valence-electron chi connectivity index (χ1n) is 10.3. The van der Waals surface area contributed by atoms with Gasteiger partial charge in [0.15, 0.2) is 5.96 Å². The van der Waals surface area contributed by atoms with Gasteiger partial charge < -0.3 is 19.9 Å². The van der Waals surface area contributed by atoms with Crippen LogP contribution in [-0.4, -0.2) is 74.1 Å². The van der Waals surface area contributed by atoms with Gasteiger partial charge in [-0.15, -0.1) is 0 Å². The smallest absolute Gasteiger partial charge is 0.225 e. The van der Waals surface area contributed by atoms with Gasteiger partial charge in [-0.3, -0.25) is 9.79 Å². The molecule has 2 unspecified atom stereocenters. The lowest BCUT2D eigenvalue weighted by Gasteiger charge is -2.36. The molecule has 1 amide bonds. The van der Waals surface area contributed by atoms with Crippen molar-refractivity contribution in [3.05, 3.63) is 34.3 Å². The molecule has 1 saturated carbocycles. The zero-order valence-electron chi connectivity index (χ0n) is 16.4. The third kappa shape index (κ3) is 4.51. The monoisotopic (exact) mass is 448 g/mol. The van der Waals surface area contributed by atoms with E-state index >= 15 is 0 Å². The van der Waals surface area contributed by atoms with Crippen LogP contribution >= 0.6 is 15.9 Å². The van der Waals surface area contributed by atoms with E-state index in [4.69, 9.17) is 4.74 Å². The molecule has 2 atom stereocenters. The van der Waals surface area contributed by atoms with Gasteiger partial charge in [0.25, 0.3) is 0 Å². The fourth-order valence-electron chi connectivity index (χ4n) is 4.28. The second-order valence-electron chi connectivity index (χ2n) is 7.89. The van der Waals surface area contributed by atoms with Gasteiger partial charge in [-0.2, -0.15) is 0 Å². The lowest BCUT2D eigenvalue weighted by molar-refractivity contribution is -0.140. The molecular formula is C21H29BrN4O2. The Bertz CT molecular complexity index is 710. The second-order valence-corrected chi connectivity index (χ2v) is 8.81. The summed E-state index contributed by atoms with van der Waals surface area (Å²) < 4.78 is 6.48. The molecule has 28 heavy (non-hydrogen) atoms. The van der Waals surface area contributed by atoms with E-state index in [2.05, 4.69) is 55.4 Å². The first-order chi connectivity index (χ1) is 13.7. The molecule has 3 fully saturated rings. The average Bonchev–Trinajstić information content (AvgIpc) is 3.52. The molecule has 6 nitrogen and oxygen atoms in total. The lowest BCUT2D eigenvalue weighted by atomic mass is 9.95. The molecule has 1 aromatic rings. The van der Waals surface area contributed by atoms with E-state index in [1.54, 1.807) is 0 Å². The zero-order valence-corrected chi connectivity index (χ0v) is 18.0. The van der Waals surface area contributed by atoms with Crippen LogP contribution < -0.4 is 5.32 Å². The van der Waals surface area contributed by atoms with E-state index in [1.807, 2.05) is 11.9 Å². The molecule has 7 heteroatoms. The van der Waals surface area contributed by atoms with Crippen LogP contribution in [-0.2, 0) is 9.53 Å². The predicted octanol–water partition coefficient (Wildman–Crippen LogP) is 2.45. The Labute approximate surface area is 175 Å². The summed E-state index contributed by atoms with van der Waals surface area (Å²) in [4.78, 5) is 21.5. The number of ether oxygens (including phenoxy) is 1. The van der Waals surface area contributed by atoms with Gasteiger partial charge in [-0.25, -0.2) is 0 Å². The van der Waals surface area contributed by atoms with Gasteiger partial charge in [0.2, 0.25) is 5.91 Å². The number of piperidine rings is 1. The average molecular weight is 449 g/mol. The van der Waals surface area contributed by atoms with Crippen LogP contribution in [0.5, 0.6) is 0 Å². The number of guanidine groups is 1. The van der Waals surface area contributed by atoms with Crippen LogP contribution in [0.2, 0.25) is 0 Å². The highest BCUT2D eigenvalue weighted by molar-refractivity contribution is 9.10. The van der Waals surface area contributed by atoms with Gasteiger partial charge in [0.05, 0.1) is 13.2 Å². The van der Waals surface area contributed by atoms with Crippen molar-refractivity contribution in [3.63, 3.8) is 0 Å². The summed E-state index contributed by atoms with van der Waals surface area (Å²) in [6.07, 6.45) is 2.95. The highest BCUT2D eigenvalue weighted by atomic mass is 79.9. The standard InChI is InChI=1S/C21H29BrN4O2/c1-23-21(24-19-14-18(19)15-2-4-17(22)5-3-15)26-8-6-16(7-9-26)20(27)25-10-12-28-13-11-25/h2-5,16,18-19H,6-14H2,1H3,(H,23,24). The molecule has 1 aliphatic carbocycles. The number of aliphatic imine (C=N–C) groups is 1. The number of benzene rings is 1. The van der Waals surface area contributed by atoms with Crippen molar-refractivity contribution in [2.45, 2.75) is 31.2 Å². The summed E-state index contributed by atoms with van der Waals surface area (Å²) in [6, 6.07) is 9.06. The number of nitrogens with zero attached hydrogens (tertiary/aromatic N) is 3. The maximum absolute atomic E-state index is 12.7. The minimum absolute atomic E-state index is 0.142. The number of carbonyl (C=O) groups excluding carboxylic acids is 1. The van der Waals surface area contributed by atoms with Gasteiger partial charge in [0, 0.05) is 55.6 Å². The summed E-state index contributed by atoms with van der Waals surface area (Å²) in [5, 5.41) is 3.63. The molecule has 2 heterocycles. The van der Waals surface area contributed by atoms with Gasteiger partial charge in [0.1, 0.15) is 0 Å². The Morgan fingerprint density at radius 3 is 2.43 bits per heavy atom. The minimum Gasteiger partial charge on any atom is -0.378 e. The second kappa shape index (κ2) is 8.82. The van der Waals surface area contributed by atoms with Crippen molar-refractivity contribution in [3.8, 4) is 0 Å². The van der Waals surface area contributed by atoms with Crippen LogP contribution in [0.4, 0.5) is 0 Å². The molecule has 2 saturated heterocycles. The van der Waals surface area contributed by atoms with Crippen LogP contribution in [0, 0.1) is 5.92 Å². The highest BCUT2D eigenvalue weighted by Gasteiger charge is 2.40. The molecule has 2 aliphatic heterocycles. The van der Waals surface area contributed by atoms with E-state index in [9.17, 15) is 4.79 Å². The largest absolute Gasteiger partial charge is 0.378 e. The third-order valence-corrected chi connectivity index (χ3v) is 6.61. The van der Waals surface area contributed by atoms with Crippen molar-refractivity contribution in [1.82, 2.24) is 15.1 Å². The number of likely N-dealkylation sites (tertiary alicyclic amines) is 1. The number of hydrogen-bond donors (Lipinski definition) is 1. The summed E-state index contributed by atoms with van der Waals surface area (Å²) >= 11 is 3.50. The molecule has 0 aromatic heterocycles. The molecule has 1 aromatic carbocycles. The number of morpholine rings is 1. The number of rotatable bonds is 3. The Balaban J connectivity index is 1.26. The maximum Gasteiger partial charge on any atom is 0.225 e. The van der Waals surface area contributed by atoms with Crippen LogP contribution in [0.3, 0.4) is 0 Å². The van der Waals surface area contributed by atoms with Crippen LogP contribution in [0.15, 0.2) is 33.7 Å². The number of carbonyl (C=O) groups is 1. The quantitative estimate of drug-likeness (QED) is 0.569. The van der Waals surface area contributed by atoms with E-state index in [1.165, 1.54) is 5.56 Å². The first kappa shape index (κ1) is 19.7. The van der Waals surface area contributed by atoms with E-state index < -0.39 is 0 Å². The van der Waals surface area contributed by atoms with Crippen molar-refractivity contribution in [2.24, 2.45) is 10.9 Å². The Morgan fingerprint density at radius 1 is 1.11 bits per heavy atom. The van der Waals surface area contributed by atoms with E-state index in [-0.39, 0.29) is 5.92 Å². The number of nitrogens with one attached hydrogen (secondary N) is 1. The summed E-state index contributed by atoms with van der Waals surface area (Å²) in [5.41, 5.74) is 1.38. The highest BCUT2D eigenvalue weighted by Crippen LogP contribution is 2.41. The number of halogens is 1. The van der Waals surface area contributed by atoms with Crippen LogP contribution in [0.1, 0.15) is 30.7 Å². The van der Waals surface area contributed by atoms with Gasteiger partial charge >= 0.3 is 0 Å². The lowest BCUT2D eigenvalue weighted by Crippen LogP contribution is -2.50. The molecule has 4 rings (SSSR count). The molecule has 0 radical (unpaired) electrons. The van der Waals surface area contributed by atoms with Crippen molar-refractivity contribution in [2.75, 3.05) is 46.4 Å². The molecule has 1 N–H and O–H groups in total. The Morgan fingerprint density at radius 2 is 1.79 bits per heavy atom. The molecule has 0 spiro atoms. The topological polar surface area (TPSA) is 57.2 Å². The molecule has 0 bridgehead atoms. The van der Waals surface area contributed by atoms with Crippen molar-refractivity contribution in [1.29, 1.82) is 0 Å². The predicted molar refractivity (Wildman–Crippen MR) is 113 cm³/mol. The van der Waals surface area contributed by atoms with Crippen molar-refractivity contribution >= 4 is 27.8 Å². The summed E-state index contributed by atoms with van der Waals surface area (Å²) in [7, 11) is 1.85. The van der Waals surface area contributed by atoms with E-state index in [0.717, 1.165) is 55.9 Å². The van der Waals surface area contributed by atoms with Crippen LogP contribution in [0.25, 0.3) is 0 Å². The molecular weight excluding hydrogens is 420 g/mol. The molecule has 3 aliphatic rings. The zero-order chi connectivity index (χ0) is 19.5. The fourth-order valence-corrected chi connectivity index (χ4v) is 4.54. The molecule has 152 valence electrons. The normalized spacial score (nSPS) is 26.3. The summed E-state index contributed by atoms with van der Waals surface area (Å²) in [6.45, 7) is 4.58. The number of amides is 1. The minimum atomic E-state index is 0.142. The number of hydrogen-bond acceptors (Lipinski definition) is 3. The maximum atomic E-state index is 12.7. The van der Waals surface area contributed by atoms with Crippen molar-refractivity contribution < 1.29 is 9.53 Å².